The standard InChI is InChI=1S/C23H25N5O2/c1-3-27-18-11-7-8-12-19(18)28(23(27)30)15-13-20(29)25-21(17-9-5-4-6-10-17)22-24-14-16-26(22)2/h4-12,14,16,21H,3,13,15H2,1-2H3,(H,25,29). The van der Waals surface area contributed by atoms with Crippen molar-refractivity contribution in [1.82, 2.24) is 24.0 Å². The third-order valence-electron chi connectivity index (χ3n) is 5.36. The number of nitrogens with one attached hydrogen (secondary N) is 1. The zero-order valence-corrected chi connectivity index (χ0v) is 17.2. The van der Waals surface area contributed by atoms with Gasteiger partial charge in [0.1, 0.15) is 11.9 Å². The number of rotatable bonds is 7. The van der Waals surface area contributed by atoms with Crippen molar-refractivity contribution < 1.29 is 4.79 Å². The molecule has 7 heteroatoms. The van der Waals surface area contributed by atoms with Gasteiger partial charge in [-0.05, 0) is 24.6 Å². The molecule has 154 valence electrons. The van der Waals surface area contributed by atoms with Crippen LogP contribution in [0.15, 0.2) is 71.8 Å². The molecule has 4 rings (SSSR count). The van der Waals surface area contributed by atoms with Crippen LogP contribution < -0.4 is 11.0 Å². The van der Waals surface area contributed by atoms with Crippen LogP contribution in [0.25, 0.3) is 11.0 Å². The number of fused-ring (bicyclic) bond motifs is 1. The lowest BCUT2D eigenvalue weighted by Crippen LogP contribution is -2.32. The third kappa shape index (κ3) is 3.66. The molecule has 4 aromatic rings. The van der Waals surface area contributed by atoms with Crippen molar-refractivity contribution >= 4 is 16.9 Å². The number of amides is 1. The summed E-state index contributed by atoms with van der Waals surface area (Å²) in [6, 6.07) is 17.1. The van der Waals surface area contributed by atoms with E-state index in [-0.39, 0.29) is 24.1 Å². The van der Waals surface area contributed by atoms with Crippen LogP contribution in [0.3, 0.4) is 0 Å². The monoisotopic (exact) mass is 403 g/mol. The molecule has 2 heterocycles. The number of hydrogen-bond donors (Lipinski definition) is 1. The Kier molecular flexibility index (Phi) is 5.52. The van der Waals surface area contributed by atoms with Gasteiger partial charge >= 0.3 is 5.69 Å². The van der Waals surface area contributed by atoms with Crippen LogP contribution in [0.4, 0.5) is 0 Å². The lowest BCUT2D eigenvalue weighted by molar-refractivity contribution is -0.121. The Balaban J connectivity index is 1.56. The first kappa shape index (κ1) is 19.7. The number of carbonyl (C=O) groups excluding carboxylic acids is 1. The highest BCUT2D eigenvalue weighted by molar-refractivity contribution is 5.78. The zero-order valence-electron chi connectivity index (χ0n) is 17.2. The predicted molar refractivity (Wildman–Crippen MR) is 116 cm³/mol. The molecule has 1 amide bonds. The second-order valence-electron chi connectivity index (χ2n) is 7.22. The molecular formula is C23H25N5O2. The van der Waals surface area contributed by atoms with Gasteiger partial charge in [-0.3, -0.25) is 13.9 Å². The summed E-state index contributed by atoms with van der Waals surface area (Å²) in [7, 11) is 1.91. The minimum absolute atomic E-state index is 0.0878. The zero-order chi connectivity index (χ0) is 21.1. The van der Waals surface area contributed by atoms with Gasteiger partial charge in [0.15, 0.2) is 0 Å². The van der Waals surface area contributed by atoms with Crippen LogP contribution in [0.5, 0.6) is 0 Å². The van der Waals surface area contributed by atoms with Crippen LogP contribution in [0.2, 0.25) is 0 Å². The molecule has 30 heavy (non-hydrogen) atoms. The molecule has 1 unspecified atom stereocenters. The maximum Gasteiger partial charge on any atom is 0.329 e. The predicted octanol–water partition coefficient (Wildman–Crippen LogP) is 2.85. The number of hydrogen-bond acceptors (Lipinski definition) is 3. The lowest BCUT2D eigenvalue weighted by atomic mass is 10.1. The summed E-state index contributed by atoms with van der Waals surface area (Å²) >= 11 is 0. The average Bonchev–Trinajstić information content (AvgIpc) is 3.31. The molecule has 0 aliphatic heterocycles. The van der Waals surface area contributed by atoms with E-state index < -0.39 is 0 Å². The Morgan fingerprint density at radius 3 is 2.33 bits per heavy atom. The van der Waals surface area contributed by atoms with Gasteiger partial charge in [-0.25, -0.2) is 9.78 Å². The van der Waals surface area contributed by atoms with E-state index in [1.54, 1.807) is 15.3 Å². The van der Waals surface area contributed by atoms with Crippen molar-refractivity contribution in [3.63, 3.8) is 0 Å². The van der Waals surface area contributed by atoms with Crippen molar-refractivity contribution in [2.45, 2.75) is 32.5 Å². The molecule has 0 radical (unpaired) electrons. The molecule has 2 aromatic carbocycles. The van der Waals surface area contributed by atoms with Crippen LogP contribution in [0, 0.1) is 0 Å². The first-order chi connectivity index (χ1) is 14.6. The number of aromatic nitrogens is 4. The van der Waals surface area contributed by atoms with E-state index in [0.29, 0.717) is 13.1 Å². The first-order valence-corrected chi connectivity index (χ1v) is 10.1. The fourth-order valence-electron chi connectivity index (χ4n) is 3.84. The SMILES string of the molecule is CCn1c(=O)n(CCC(=O)NC(c2ccccc2)c2nccn2C)c2ccccc21. The number of aryl methyl sites for hydroxylation is 3. The van der Waals surface area contributed by atoms with Gasteiger partial charge in [0.25, 0.3) is 0 Å². The van der Waals surface area contributed by atoms with Crippen LogP contribution in [-0.4, -0.2) is 24.6 Å². The van der Waals surface area contributed by atoms with Crippen LogP contribution in [-0.2, 0) is 24.9 Å². The van der Waals surface area contributed by atoms with Gasteiger partial charge in [-0.1, -0.05) is 42.5 Å². The van der Waals surface area contributed by atoms with Crippen LogP contribution >= 0.6 is 0 Å². The molecule has 0 fully saturated rings. The average molecular weight is 403 g/mol. The van der Waals surface area contributed by atoms with Gasteiger partial charge in [0.2, 0.25) is 5.91 Å². The van der Waals surface area contributed by atoms with E-state index >= 15 is 0 Å². The number of benzene rings is 2. The second kappa shape index (κ2) is 8.41. The van der Waals surface area contributed by atoms with Crippen molar-refractivity contribution in [2.24, 2.45) is 7.05 Å². The molecule has 0 saturated heterocycles. The van der Waals surface area contributed by atoms with E-state index in [4.69, 9.17) is 0 Å². The molecule has 7 nitrogen and oxygen atoms in total. The largest absolute Gasteiger partial charge is 0.342 e. The van der Waals surface area contributed by atoms with Gasteiger partial charge in [-0.15, -0.1) is 0 Å². The lowest BCUT2D eigenvalue weighted by Gasteiger charge is -2.19. The Bertz CT molecular complexity index is 1220. The molecule has 0 spiro atoms. The summed E-state index contributed by atoms with van der Waals surface area (Å²) in [5.41, 5.74) is 2.61. The summed E-state index contributed by atoms with van der Waals surface area (Å²) < 4.78 is 5.31. The minimum atomic E-state index is -0.354. The highest BCUT2D eigenvalue weighted by atomic mass is 16.2. The summed E-state index contributed by atoms with van der Waals surface area (Å²) in [6.45, 7) is 2.86. The van der Waals surface area contributed by atoms with Crippen LogP contribution in [0.1, 0.15) is 30.8 Å². The van der Waals surface area contributed by atoms with Gasteiger partial charge in [-0.2, -0.15) is 0 Å². The van der Waals surface area contributed by atoms with E-state index in [1.165, 1.54) is 0 Å². The molecule has 0 aliphatic carbocycles. The number of nitrogens with zero attached hydrogens (tertiary/aromatic N) is 4. The number of carbonyl (C=O) groups is 1. The number of imidazole rings is 2. The van der Waals surface area contributed by atoms with E-state index in [1.807, 2.05) is 79.3 Å². The maximum absolute atomic E-state index is 12.9. The molecular weight excluding hydrogens is 378 g/mol. The first-order valence-electron chi connectivity index (χ1n) is 10.1. The smallest absolute Gasteiger partial charge is 0.329 e. The molecule has 1 N–H and O–H groups in total. The summed E-state index contributed by atoms with van der Waals surface area (Å²) in [4.78, 5) is 30.1. The fourth-order valence-corrected chi connectivity index (χ4v) is 3.84. The Labute approximate surface area is 174 Å². The number of para-hydroxylation sites is 2. The Morgan fingerprint density at radius 1 is 1.03 bits per heavy atom. The minimum Gasteiger partial charge on any atom is -0.342 e. The molecule has 0 aliphatic rings. The summed E-state index contributed by atoms with van der Waals surface area (Å²) in [5, 5.41) is 3.09. The quantitative estimate of drug-likeness (QED) is 0.516. The van der Waals surface area contributed by atoms with Crippen molar-refractivity contribution in [1.29, 1.82) is 0 Å². The van der Waals surface area contributed by atoms with Gasteiger partial charge < -0.3 is 9.88 Å². The highest BCUT2D eigenvalue weighted by Crippen LogP contribution is 2.20. The fraction of sp³-hybridized carbons (Fsp3) is 0.261. The van der Waals surface area contributed by atoms with Crippen molar-refractivity contribution in [3.8, 4) is 0 Å². The molecule has 0 bridgehead atoms. The topological polar surface area (TPSA) is 73.8 Å². The maximum atomic E-state index is 12.9. The van der Waals surface area contributed by atoms with Gasteiger partial charge in [0, 0.05) is 39.0 Å². The van der Waals surface area contributed by atoms with Gasteiger partial charge in [0.05, 0.1) is 11.0 Å². The molecule has 1 atom stereocenters. The Morgan fingerprint density at radius 2 is 1.70 bits per heavy atom. The molecule has 2 aromatic heterocycles. The second-order valence-corrected chi connectivity index (χ2v) is 7.22. The van der Waals surface area contributed by atoms with Crippen molar-refractivity contribution in [2.75, 3.05) is 0 Å². The molecule has 0 saturated carbocycles. The van der Waals surface area contributed by atoms with Crippen molar-refractivity contribution in [3.05, 3.63) is 88.9 Å². The third-order valence-corrected chi connectivity index (χ3v) is 5.36. The summed E-state index contributed by atoms with van der Waals surface area (Å²) in [6.07, 6.45) is 3.78. The van der Waals surface area contributed by atoms with E-state index in [2.05, 4.69) is 10.3 Å². The Hall–Kier alpha value is -3.61. The van der Waals surface area contributed by atoms with E-state index in [9.17, 15) is 9.59 Å². The summed E-state index contributed by atoms with van der Waals surface area (Å²) in [5.74, 6) is 0.626. The highest BCUT2D eigenvalue weighted by Gasteiger charge is 2.21. The van der Waals surface area contributed by atoms with E-state index in [0.717, 1.165) is 22.4 Å². The normalized spacial score (nSPS) is 12.2.